The van der Waals surface area contributed by atoms with Crippen molar-refractivity contribution in [2.45, 2.75) is 13.8 Å². The Hall–Kier alpha value is -2.51. The molecule has 3 rings (SSSR count). The van der Waals surface area contributed by atoms with E-state index in [9.17, 15) is 9.18 Å². The molecule has 0 bridgehead atoms. The van der Waals surface area contributed by atoms with Crippen molar-refractivity contribution in [3.8, 4) is 0 Å². The smallest absolute Gasteiger partial charge is 0.279 e. The Morgan fingerprint density at radius 1 is 1.14 bits per heavy atom. The first-order valence-electron chi connectivity index (χ1n) is 9.43. The molecule has 0 aromatic heterocycles. The van der Waals surface area contributed by atoms with Gasteiger partial charge in [-0.3, -0.25) is 4.79 Å². The SMILES string of the molecule is Cc1cccc(NC(=S)N2CC[NH+](CC(=O)Nc3cccc(F)c3)CC2)c1C. The van der Waals surface area contributed by atoms with Gasteiger partial charge >= 0.3 is 0 Å². The number of nitrogens with one attached hydrogen (secondary N) is 3. The van der Waals surface area contributed by atoms with E-state index in [-0.39, 0.29) is 11.7 Å². The second kappa shape index (κ2) is 9.12. The second-order valence-electron chi connectivity index (χ2n) is 7.15. The molecule has 1 aliphatic heterocycles. The van der Waals surface area contributed by atoms with Crippen molar-refractivity contribution in [3.63, 3.8) is 0 Å². The van der Waals surface area contributed by atoms with Gasteiger partial charge in [0.1, 0.15) is 5.82 Å². The van der Waals surface area contributed by atoms with Crippen LogP contribution in [-0.4, -0.2) is 48.6 Å². The summed E-state index contributed by atoms with van der Waals surface area (Å²) in [5.41, 5.74) is 3.95. The topological polar surface area (TPSA) is 48.8 Å². The highest BCUT2D eigenvalue weighted by molar-refractivity contribution is 7.80. The minimum atomic E-state index is -0.358. The molecule has 1 amide bonds. The van der Waals surface area contributed by atoms with Crippen LogP contribution in [0.15, 0.2) is 42.5 Å². The predicted octanol–water partition coefficient (Wildman–Crippen LogP) is 1.98. The highest BCUT2D eigenvalue weighted by Crippen LogP contribution is 2.18. The Morgan fingerprint density at radius 3 is 2.57 bits per heavy atom. The van der Waals surface area contributed by atoms with E-state index < -0.39 is 0 Å². The van der Waals surface area contributed by atoms with Crippen molar-refractivity contribution in [3.05, 3.63) is 59.4 Å². The number of halogens is 1. The largest absolute Gasteiger partial charge is 0.338 e. The van der Waals surface area contributed by atoms with E-state index in [1.54, 1.807) is 12.1 Å². The molecule has 5 nitrogen and oxygen atoms in total. The van der Waals surface area contributed by atoms with Gasteiger partial charge in [0.2, 0.25) is 0 Å². The number of anilines is 2. The van der Waals surface area contributed by atoms with Gasteiger partial charge in [-0.05, 0) is 61.5 Å². The van der Waals surface area contributed by atoms with Gasteiger partial charge in [0, 0.05) is 11.4 Å². The highest BCUT2D eigenvalue weighted by atomic mass is 32.1. The van der Waals surface area contributed by atoms with Crippen molar-refractivity contribution >= 4 is 34.6 Å². The van der Waals surface area contributed by atoms with E-state index in [2.05, 4.69) is 35.4 Å². The molecule has 1 fully saturated rings. The maximum Gasteiger partial charge on any atom is 0.279 e. The van der Waals surface area contributed by atoms with Crippen molar-refractivity contribution in [1.29, 1.82) is 0 Å². The Bertz CT molecular complexity index is 865. The third-order valence-corrected chi connectivity index (χ3v) is 5.48. The number of amides is 1. The minimum absolute atomic E-state index is 0.106. The summed E-state index contributed by atoms with van der Waals surface area (Å²) in [7, 11) is 0. The van der Waals surface area contributed by atoms with Crippen LogP contribution >= 0.6 is 12.2 Å². The Labute approximate surface area is 170 Å². The van der Waals surface area contributed by atoms with Crippen LogP contribution in [0, 0.1) is 19.7 Å². The van der Waals surface area contributed by atoms with Gasteiger partial charge in [-0.2, -0.15) is 0 Å². The van der Waals surface area contributed by atoms with E-state index in [1.165, 1.54) is 28.2 Å². The number of carbonyl (C=O) groups excluding carboxylic acids is 1. The fourth-order valence-electron chi connectivity index (χ4n) is 3.28. The Balaban J connectivity index is 1.46. The molecule has 0 spiro atoms. The first-order chi connectivity index (χ1) is 13.4. The number of nitrogens with zero attached hydrogens (tertiary/aromatic N) is 1. The molecule has 3 N–H and O–H groups in total. The molecular formula is C21H26FN4OS+. The lowest BCUT2D eigenvalue weighted by Gasteiger charge is -2.33. The van der Waals surface area contributed by atoms with Gasteiger partial charge in [-0.25, -0.2) is 4.39 Å². The van der Waals surface area contributed by atoms with Gasteiger partial charge < -0.3 is 20.4 Å². The number of thiocarbonyl (C=S) groups is 1. The third kappa shape index (κ3) is 5.27. The lowest BCUT2D eigenvalue weighted by molar-refractivity contribution is -0.895. The lowest BCUT2D eigenvalue weighted by Crippen LogP contribution is -3.15. The lowest BCUT2D eigenvalue weighted by atomic mass is 10.1. The first kappa shape index (κ1) is 20.2. The summed E-state index contributed by atoms with van der Waals surface area (Å²) in [4.78, 5) is 15.5. The molecule has 0 radical (unpaired) electrons. The predicted molar refractivity (Wildman–Crippen MR) is 114 cm³/mol. The van der Waals surface area contributed by atoms with Crippen LogP contribution in [-0.2, 0) is 4.79 Å². The number of hydrogen-bond acceptors (Lipinski definition) is 2. The van der Waals surface area contributed by atoms with Gasteiger partial charge in [-0.15, -0.1) is 0 Å². The normalized spacial score (nSPS) is 14.6. The molecule has 1 saturated heterocycles. The number of carbonyl (C=O) groups is 1. The van der Waals surface area contributed by atoms with E-state index in [4.69, 9.17) is 12.2 Å². The molecule has 28 heavy (non-hydrogen) atoms. The maximum atomic E-state index is 13.2. The molecule has 7 heteroatoms. The number of benzene rings is 2. The summed E-state index contributed by atoms with van der Waals surface area (Å²) in [6.45, 7) is 7.76. The van der Waals surface area contributed by atoms with E-state index in [0.29, 0.717) is 12.2 Å². The number of quaternary nitrogens is 1. The van der Waals surface area contributed by atoms with Crippen LogP contribution in [0.4, 0.5) is 15.8 Å². The highest BCUT2D eigenvalue weighted by Gasteiger charge is 2.24. The summed E-state index contributed by atoms with van der Waals surface area (Å²) in [5, 5.41) is 6.82. The quantitative estimate of drug-likeness (QED) is 0.686. The molecule has 2 aromatic carbocycles. The Kier molecular flexibility index (Phi) is 6.59. The zero-order valence-corrected chi connectivity index (χ0v) is 17.0. The number of hydrogen-bond donors (Lipinski definition) is 3. The van der Waals surface area contributed by atoms with Crippen molar-refractivity contribution in [2.75, 3.05) is 43.4 Å². The third-order valence-electron chi connectivity index (χ3n) is 5.12. The maximum absolute atomic E-state index is 13.2. The molecule has 0 atom stereocenters. The molecule has 0 aliphatic carbocycles. The van der Waals surface area contributed by atoms with Gasteiger partial charge in [0.25, 0.3) is 5.91 Å². The van der Waals surface area contributed by atoms with Gasteiger partial charge in [-0.1, -0.05) is 18.2 Å². The number of aryl methyl sites for hydroxylation is 1. The van der Waals surface area contributed by atoms with Crippen LogP contribution < -0.4 is 15.5 Å². The van der Waals surface area contributed by atoms with Crippen LogP contribution in [0.2, 0.25) is 0 Å². The van der Waals surface area contributed by atoms with Crippen molar-refractivity contribution in [1.82, 2.24) is 4.90 Å². The average Bonchev–Trinajstić information content (AvgIpc) is 2.66. The van der Waals surface area contributed by atoms with E-state index in [1.807, 2.05) is 12.1 Å². The van der Waals surface area contributed by atoms with E-state index >= 15 is 0 Å². The van der Waals surface area contributed by atoms with Crippen LogP contribution in [0.25, 0.3) is 0 Å². The molecule has 148 valence electrons. The van der Waals surface area contributed by atoms with Crippen LogP contribution in [0.5, 0.6) is 0 Å². The minimum Gasteiger partial charge on any atom is -0.338 e. The van der Waals surface area contributed by atoms with E-state index in [0.717, 1.165) is 37.0 Å². The average molecular weight is 402 g/mol. The molecule has 1 aliphatic rings. The van der Waals surface area contributed by atoms with Crippen LogP contribution in [0.3, 0.4) is 0 Å². The van der Waals surface area contributed by atoms with Gasteiger partial charge in [0.15, 0.2) is 11.7 Å². The molecule has 1 heterocycles. The zero-order valence-electron chi connectivity index (χ0n) is 16.2. The summed E-state index contributed by atoms with van der Waals surface area (Å²) in [6.07, 6.45) is 0. The molecule has 0 unspecified atom stereocenters. The summed E-state index contributed by atoms with van der Waals surface area (Å²) in [5.74, 6) is -0.464. The second-order valence-corrected chi connectivity index (χ2v) is 7.54. The van der Waals surface area contributed by atoms with Gasteiger partial charge in [0.05, 0.1) is 26.2 Å². The fraction of sp³-hybridized carbons (Fsp3) is 0.333. The molecular weight excluding hydrogens is 375 g/mol. The summed E-state index contributed by atoms with van der Waals surface area (Å²) < 4.78 is 13.2. The first-order valence-corrected chi connectivity index (χ1v) is 9.84. The monoisotopic (exact) mass is 401 g/mol. The summed E-state index contributed by atoms with van der Waals surface area (Å²) in [6, 6.07) is 12.1. The number of piperazine rings is 1. The fourth-order valence-corrected chi connectivity index (χ4v) is 3.57. The molecule has 2 aromatic rings. The van der Waals surface area contributed by atoms with Crippen molar-refractivity contribution in [2.24, 2.45) is 0 Å². The van der Waals surface area contributed by atoms with Crippen LogP contribution in [0.1, 0.15) is 11.1 Å². The standard InChI is InChI=1S/C21H25FN4OS/c1-15-5-3-8-19(16(15)2)24-21(28)26-11-9-25(10-12-26)14-20(27)23-18-7-4-6-17(22)13-18/h3-8,13H,9-12,14H2,1-2H3,(H,23,27)(H,24,28)/p+1. The Morgan fingerprint density at radius 2 is 1.86 bits per heavy atom. The summed E-state index contributed by atoms with van der Waals surface area (Å²) >= 11 is 5.57. The molecule has 0 saturated carbocycles. The number of rotatable bonds is 4. The van der Waals surface area contributed by atoms with Crippen molar-refractivity contribution < 1.29 is 14.1 Å². The zero-order chi connectivity index (χ0) is 20.1.